The highest BCUT2D eigenvalue weighted by Gasteiger charge is 2.33. The second-order valence-corrected chi connectivity index (χ2v) is 13.2. The monoisotopic (exact) mass is 692 g/mol. The number of ether oxygens (including phenoxy) is 3. The molecule has 0 unspecified atom stereocenters. The minimum atomic E-state index is -0.544. The highest BCUT2D eigenvalue weighted by molar-refractivity contribution is 5.93. The molecule has 2 saturated heterocycles. The summed E-state index contributed by atoms with van der Waals surface area (Å²) in [6, 6.07) is 31.5. The number of rotatable bonds is 14. The van der Waals surface area contributed by atoms with Crippen LogP contribution in [0.15, 0.2) is 97.1 Å². The van der Waals surface area contributed by atoms with Crippen LogP contribution in [0.3, 0.4) is 0 Å². The van der Waals surface area contributed by atoms with Crippen LogP contribution in [-0.2, 0) is 37.0 Å². The molecule has 0 spiro atoms. The molecule has 2 fully saturated rings. The summed E-state index contributed by atoms with van der Waals surface area (Å²) in [5, 5.41) is 15.4. The minimum absolute atomic E-state index is 0.00550. The van der Waals surface area contributed by atoms with Crippen molar-refractivity contribution < 1.29 is 28.9 Å². The number of carbonyl (C=O) groups is 2. The zero-order valence-electron chi connectivity index (χ0n) is 29.0. The molecule has 10 heteroatoms. The van der Waals surface area contributed by atoms with Gasteiger partial charge in [0, 0.05) is 51.0 Å². The number of carbonyl (C=O) groups excluding carboxylic acids is 2. The van der Waals surface area contributed by atoms with E-state index in [-0.39, 0.29) is 30.6 Å². The molecule has 3 atom stereocenters. The molecule has 51 heavy (non-hydrogen) atoms. The average Bonchev–Trinajstić information content (AvgIpc) is 3.17. The van der Waals surface area contributed by atoms with E-state index in [0.29, 0.717) is 43.6 Å². The van der Waals surface area contributed by atoms with Gasteiger partial charge in [-0.2, -0.15) is 0 Å². The Labute approximate surface area is 299 Å². The molecule has 0 aromatic heterocycles. The summed E-state index contributed by atoms with van der Waals surface area (Å²) < 4.78 is 18.8. The molecule has 0 radical (unpaired) electrons. The van der Waals surface area contributed by atoms with Crippen LogP contribution in [0.2, 0.25) is 0 Å². The zero-order chi connectivity index (χ0) is 35.4. The van der Waals surface area contributed by atoms with Gasteiger partial charge in [-0.3, -0.25) is 14.5 Å². The van der Waals surface area contributed by atoms with Crippen LogP contribution in [0, 0.1) is 0 Å². The third kappa shape index (κ3) is 10.5. The van der Waals surface area contributed by atoms with Gasteiger partial charge in [0.05, 0.1) is 43.4 Å². The molecule has 0 aliphatic carbocycles. The Hall–Kier alpha value is -4.58. The summed E-state index contributed by atoms with van der Waals surface area (Å²) in [5.41, 5.74) is 13.0. The van der Waals surface area contributed by atoms with Gasteiger partial charge in [-0.25, -0.2) is 0 Å². The number of aliphatic hydroxyl groups is 1. The Morgan fingerprint density at radius 1 is 0.784 bits per heavy atom. The van der Waals surface area contributed by atoms with Crippen LogP contribution in [0.5, 0.6) is 0 Å². The Balaban J connectivity index is 1.04. The molecule has 10 nitrogen and oxygen atoms in total. The maximum Gasteiger partial charge on any atom is 0.224 e. The van der Waals surface area contributed by atoms with E-state index in [1.165, 1.54) is 0 Å². The van der Waals surface area contributed by atoms with Crippen molar-refractivity contribution >= 4 is 23.2 Å². The molecule has 4 aromatic rings. The fraction of sp³-hybridized carbons (Fsp3) is 0.366. The van der Waals surface area contributed by atoms with E-state index in [4.69, 9.17) is 19.9 Å². The molecule has 0 saturated carbocycles. The molecular formula is C41H48N4O6. The maximum absolute atomic E-state index is 12.6. The summed E-state index contributed by atoms with van der Waals surface area (Å²) in [7, 11) is 0. The second kappa shape index (κ2) is 18.1. The van der Waals surface area contributed by atoms with E-state index < -0.39 is 6.29 Å². The lowest BCUT2D eigenvalue weighted by Crippen LogP contribution is -2.44. The molecule has 2 amide bonds. The molecular weight excluding hydrogens is 644 g/mol. The van der Waals surface area contributed by atoms with Gasteiger partial charge in [0.25, 0.3) is 0 Å². The van der Waals surface area contributed by atoms with Crippen molar-refractivity contribution in [1.82, 2.24) is 10.2 Å². The smallest absolute Gasteiger partial charge is 0.224 e. The van der Waals surface area contributed by atoms with Gasteiger partial charge in [0.1, 0.15) is 0 Å². The lowest BCUT2D eigenvalue weighted by Gasteiger charge is -2.39. The topological polar surface area (TPSA) is 135 Å². The van der Waals surface area contributed by atoms with Crippen LogP contribution in [0.25, 0.3) is 11.1 Å². The number of hydrogen-bond acceptors (Lipinski definition) is 8. The van der Waals surface area contributed by atoms with Crippen LogP contribution in [-0.4, -0.2) is 60.8 Å². The third-order valence-electron chi connectivity index (χ3n) is 9.38. The number of morpholine rings is 1. The first-order chi connectivity index (χ1) is 24.9. The summed E-state index contributed by atoms with van der Waals surface area (Å²) in [4.78, 5) is 27.3. The lowest BCUT2D eigenvalue weighted by molar-refractivity contribution is -0.253. The van der Waals surface area contributed by atoms with Crippen molar-refractivity contribution in [3.05, 3.63) is 119 Å². The normalized spacial score (nSPS) is 19.4. The van der Waals surface area contributed by atoms with E-state index >= 15 is 0 Å². The number of nitrogens with one attached hydrogen (secondary N) is 2. The Morgan fingerprint density at radius 2 is 1.51 bits per heavy atom. The number of anilines is 2. The van der Waals surface area contributed by atoms with Gasteiger partial charge >= 0.3 is 0 Å². The van der Waals surface area contributed by atoms with Crippen molar-refractivity contribution in [3.8, 4) is 11.1 Å². The number of amides is 2. The quantitative estimate of drug-likeness (QED) is 0.0918. The van der Waals surface area contributed by atoms with Gasteiger partial charge in [-0.1, -0.05) is 72.8 Å². The molecule has 6 rings (SSSR count). The van der Waals surface area contributed by atoms with E-state index in [1.54, 1.807) is 12.1 Å². The summed E-state index contributed by atoms with van der Waals surface area (Å²) in [6.45, 7) is 4.46. The van der Waals surface area contributed by atoms with Crippen molar-refractivity contribution in [2.24, 2.45) is 0 Å². The van der Waals surface area contributed by atoms with E-state index in [1.807, 2.05) is 60.7 Å². The molecule has 0 bridgehead atoms. The molecule has 5 N–H and O–H groups in total. The molecule has 4 aromatic carbocycles. The lowest BCUT2D eigenvalue weighted by atomic mass is 9.98. The first kappa shape index (κ1) is 36.2. The fourth-order valence-corrected chi connectivity index (χ4v) is 6.51. The predicted octanol–water partition coefficient (Wildman–Crippen LogP) is 6.12. The molecule has 2 heterocycles. The van der Waals surface area contributed by atoms with E-state index in [9.17, 15) is 14.7 Å². The van der Waals surface area contributed by atoms with Crippen molar-refractivity contribution in [2.75, 3.05) is 43.9 Å². The van der Waals surface area contributed by atoms with Crippen LogP contribution in [0.1, 0.15) is 66.8 Å². The maximum atomic E-state index is 12.6. The largest absolute Gasteiger partial charge is 0.397 e. The zero-order valence-corrected chi connectivity index (χ0v) is 29.0. The molecule has 268 valence electrons. The number of hydrogen-bond donors (Lipinski definition) is 4. The summed E-state index contributed by atoms with van der Waals surface area (Å²) in [6.07, 6.45) is 1.92. The number of aliphatic hydroxyl groups excluding tert-OH is 1. The van der Waals surface area contributed by atoms with Gasteiger partial charge in [-0.05, 0) is 64.9 Å². The molecule has 2 aliphatic rings. The summed E-state index contributed by atoms with van der Waals surface area (Å²) in [5.74, 6) is -0.161. The highest BCUT2D eigenvalue weighted by Crippen LogP contribution is 2.39. The van der Waals surface area contributed by atoms with Crippen molar-refractivity contribution in [1.29, 1.82) is 0 Å². The number of para-hydroxylation sites is 2. The second-order valence-electron chi connectivity index (χ2n) is 13.2. The van der Waals surface area contributed by atoms with E-state index in [0.717, 1.165) is 72.6 Å². The number of nitrogen functional groups attached to an aromatic ring is 1. The van der Waals surface area contributed by atoms with Gasteiger partial charge in [0.15, 0.2) is 6.29 Å². The summed E-state index contributed by atoms with van der Waals surface area (Å²) >= 11 is 0. The van der Waals surface area contributed by atoms with Crippen LogP contribution in [0.4, 0.5) is 11.4 Å². The number of nitrogens with two attached hydrogens (primary N) is 1. The van der Waals surface area contributed by atoms with Gasteiger partial charge < -0.3 is 35.7 Å². The van der Waals surface area contributed by atoms with E-state index in [2.05, 4.69) is 39.8 Å². The van der Waals surface area contributed by atoms with Gasteiger partial charge in [-0.15, -0.1) is 0 Å². The third-order valence-corrected chi connectivity index (χ3v) is 9.38. The standard InChI is InChI=1S/C41H48N4O6/c42-36-11-1-2-12-37(36)44-40(48)14-4-3-13-39(47)43-26-30-7-5-8-32(23-30)33-9-6-10-34(24-33)41-50-35(27-45-19-21-49-22-20-45)25-38(51-41)31-17-15-29(28-46)16-18-31/h1-2,5-12,15-18,23-24,35,38,41,46H,3-4,13-14,19-22,25-28,42H2,(H,43,47)(H,44,48)/t35-,38+,41+/m1/s1. The number of benzene rings is 4. The van der Waals surface area contributed by atoms with Crippen molar-refractivity contribution in [2.45, 2.75) is 63.8 Å². The minimum Gasteiger partial charge on any atom is -0.397 e. The molecule has 2 aliphatic heterocycles. The first-order valence-corrected chi connectivity index (χ1v) is 17.8. The van der Waals surface area contributed by atoms with Crippen LogP contribution >= 0.6 is 0 Å². The van der Waals surface area contributed by atoms with Crippen molar-refractivity contribution in [3.63, 3.8) is 0 Å². The number of nitrogens with zero attached hydrogens (tertiary/aromatic N) is 1. The Morgan fingerprint density at radius 3 is 2.27 bits per heavy atom. The first-order valence-electron chi connectivity index (χ1n) is 17.8. The highest BCUT2D eigenvalue weighted by atomic mass is 16.7. The Bertz CT molecular complexity index is 1740. The fourth-order valence-electron chi connectivity index (χ4n) is 6.51. The van der Waals surface area contributed by atoms with Gasteiger partial charge in [0.2, 0.25) is 11.8 Å². The Kier molecular flexibility index (Phi) is 12.8. The predicted molar refractivity (Wildman–Crippen MR) is 197 cm³/mol. The SMILES string of the molecule is Nc1ccccc1NC(=O)CCCCC(=O)NCc1cccc(-c2cccc([C@H]3O[C@@H](CN4CCOCC4)C[C@@H](c4ccc(CO)cc4)O3)c2)c1. The number of unbranched alkanes of at least 4 members (excludes halogenated alkanes) is 1. The average molecular weight is 693 g/mol. The van der Waals surface area contributed by atoms with Crippen LogP contribution < -0.4 is 16.4 Å².